The molecular formula is C16H17F2N. The first-order chi connectivity index (χ1) is 9.06. The second-order valence-electron chi connectivity index (χ2n) is 4.82. The van der Waals surface area contributed by atoms with Crippen molar-refractivity contribution in [1.82, 2.24) is 0 Å². The van der Waals surface area contributed by atoms with Gasteiger partial charge in [0.2, 0.25) is 0 Å². The third-order valence-electron chi connectivity index (χ3n) is 3.01. The van der Waals surface area contributed by atoms with Gasteiger partial charge >= 0.3 is 0 Å². The molecule has 2 rings (SSSR count). The Morgan fingerprint density at radius 3 is 2.53 bits per heavy atom. The fourth-order valence-electron chi connectivity index (χ4n) is 2.06. The summed E-state index contributed by atoms with van der Waals surface area (Å²) in [6.07, 6.45) is 0.514. The molecule has 1 atom stereocenters. The lowest BCUT2D eigenvalue weighted by molar-refractivity contribution is 0.598. The molecule has 0 aliphatic rings. The Morgan fingerprint density at radius 1 is 1.05 bits per heavy atom. The summed E-state index contributed by atoms with van der Waals surface area (Å²) in [5.41, 5.74) is 2.08. The summed E-state index contributed by atoms with van der Waals surface area (Å²) in [5.74, 6) is -0.508. The Balaban J connectivity index is 2.07. The molecule has 2 aromatic carbocycles. The molecule has 0 saturated heterocycles. The van der Waals surface area contributed by atoms with Gasteiger partial charge in [-0.15, -0.1) is 0 Å². The molecule has 1 N–H and O–H groups in total. The van der Waals surface area contributed by atoms with Crippen LogP contribution in [0.5, 0.6) is 0 Å². The summed E-state index contributed by atoms with van der Waals surface area (Å²) >= 11 is 0. The van der Waals surface area contributed by atoms with Crippen molar-refractivity contribution in [2.75, 3.05) is 5.32 Å². The first kappa shape index (κ1) is 13.5. The van der Waals surface area contributed by atoms with Gasteiger partial charge < -0.3 is 5.32 Å². The molecule has 0 aliphatic heterocycles. The molecule has 0 amide bonds. The fraction of sp³-hybridized carbons (Fsp3) is 0.250. The molecule has 0 spiro atoms. The third-order valence-corrected chi connectivity index (χ3v) is 3.01. The van der Waals surface area contributed by atoms with Gasteiger partial charge in [0.25, 0.3) is 0 Å². The average Bonchev–Trinajstić information content (AvgIpc) is 2.37. The highest BCUT2D eigenvalue weighted by atomic mass is 19.1. The van der Waals surface area contributed by atoms with E-state index in [-0.39, 0.29) is 17.7 Å². The topological polar surface area (TPSA) is 12.0 Å². The van der Waals surface area contributed by atoms with Crippen LogP contribution in [0.3, 0.4) is 0 Å². The summed E-state index contributed by atoms with van der Waals surface area (Å²) in [4.78, 5) is 0. The SMILES string of the molecule is Cc1ccc(F)c(NC(C)Cc2ccccc2F)c1. The van der Waals surface area contributed by atoms with Gasteiger partial charge in [-0.1, -0.05) is 24.3 Å². The lowest BCUT2D eigenvalue weighted by Crippen LogP contribution is -2.19. The largest absolute Gasteiger partial charge is 0.380 e. The van der Waals surface area contributed by atoms with Gasteiger partial charge in [-0.25, -0.2) is 8.78 Å². The summed E-state index contributed by atoms with van der Waals surface area (Å²) in [6.45, 7) is 3.82. The van der Waals surface area contributed by atoms with E-state index in [4.69, 9.17) is 0 Å². The third kappa shape index (κ3) is 3.53. The first-order valence-corrected chi connectivity index (χ1v) is 6.32. The zero-order valence-electron chi connectivity index (χ0n) is 11.1. The van der Waals surface area contributed by atoms with Gasteiger partial charge in [0.05, 0.1) is 5.69 Å². The molecule has 0 saturated carbocycles. The number of hydrogen-bond donors (Lipinski definition) is 1. The molecule has 0 heterocycles. The summed E-state index contributed by atoms with van der Waals surface area (Å²) < 4.78 is 27.1. The number of anilines is 1. The highest BCUT2D eigenvalue weighted by molar-refractivity contribution is 5.48. The Bertz CT molecular complexity index is 566. The van der Waals surface area contributed by atoms with E-state index in [0.717, 1.165) is 5.56 Å². The first-order valence-electron chi connectivity index (χ1n) is 6.32. The normalized spacial score (nSPS) is 12.2. The van der Waals surface area contributed by atoms with Crippen molar-refractivity contribution in [1.29, 1.82) is 0 Å². The van der Waals surface area contributed by atoms with Crippen LogP contribution in [0.15, 0.2) is 42.5 Å². The van der Waals surface area contributed by atoms with Gasteiger partial charge in [0.15, 0.2) is 0 Å². The Hall–Kier alpha value is -1.90. The zero-order valence-corrected chi connectivity index (χ0v) is 11.1. The van der Waals surface area contributed by atoms with Crippen LogP contribution in [0, 0.1) is 18.6 Å². The van der Waals surface area contributed by atoms with Crippen molar-refractivity contribution < 1.29 is 8.78 Å². The van der Waals surface area contributed by atoms with Crippen LogP contribution in [0.4, 0.5) is 14.5 Å². The lowest BCUT2D eigenvalue weighted by Gasteiger charge is -2.16. The molecule has 1 unspecified atom stereocenters. The Morgan fingerprint density at radius 2 is 1.79 bits per heavy atom. The predicted octanol–water partition coefficient (Wildman–Crippen LogP) is 4.32. The van der Waals surface area contributed by atoms with Crippen molar-refractivity contribution in [3.8, 4) is 0 Å². The molecule has 0 aromatic heterocycles. The standard InChI is InChI=1S/C16H17F2N/c1-11-7-8-15(18)16(9-11)19-12(2)10-13-5-3-4-6-14(13)17/h3-9,12,19H,10H2,1-2H3. The maximum atomic E-state index is 13.6. The van der Waals surface area contributed by atoms with E-state index in [1.165, 1.54) is 12.1 Å². The van der Waals surface area contributed by atoms with Crippen molar-refractivity contribution in [2.45, 2.75) is 26.3 Å². The Kier molecular flexibility index (Phi) is 4.15. The highest BCUT2D eigenvalue weighted by Crippen LogP contribution is 2.18. The average molecular weight is 261 g/mol. The minimum Gasteiger partial charge on any atom is -0.380 e. The van der Waals surface area contributed by atoms with E-state index in [1.54, 1.807) is 30.3 Å². The molecule has 0 radical (unpaired) electrons. The minimum atomic E-state index is -0.286. The number of aryl methyl sites for hydroxylation is 1. The number of rotatable bonds is 4. The summed E-state index contributed by atoms with van der Waals surface area (Å²) in [5, 5.41) is 3.09. The molecule has 1 nitrogen and oxygen atoms in total. The van der Waals surface area contributed by atoms with E-state index in [0.29, 0.717) is 17.7 Å². The molecule has 3 heteroatoms. The maximum Gasteiger partial charge on any atom is 0.146 e. The zero-order chi connectivity index (χ0) is 13.8. The van der Waals surface area contributed by atoms with E-state index < -0.39 is 0 Å². The van der Waals surface area contributed by atoms with Crippen LogP contribution in [0.1, 0.15) is 18.1 Å². The van der Waals surface area contributed by atoms with Crippen LogP contribution in [0.25, 0.3) is 0 Å². The van der Waals surface area contributed by atoms with Crippen molar-refractivity contribution in [3.63, 3.8) is 0 Å². The van der Waals surface area contributed by atoms with E-state index in [2.05, 4.69) is 5.32 Å². The molecular weight excluding hydrogens is 244 g/mol. The molecule has 0 fully saturated rings. The number of hydrogen-bond acceptors (Lipinski definition) is 1. The van der Waals surface area contributed by atoms with E-state index >= 15 is 0 Å². The summed E-state index contributed by atoms with van der Waals surface area (Å²) in [6, 6.07) is 11.5. The number of nitrogens with one attached hydrogen (secondary N) is 1. The van der Waals surface area contributed by atoms with Crippen molar-refractivity contribution in [2.24, 2.45) is 0 Å². The van der Waals surface area contributed by atoms with Crippen LogP contribution >= 0.6 is 0 Å². The highest BCUT2D eigenvalue weighted by Gasteiger charge is 2.09. The van der Waals surface area contributed by atoms with Gasteiger partial charge in [-0.2, -0.15) is 0 Å². The lowest BCUT2D eigenvalue weighted by atomic mass is 10.1. The van der Waals surface area contributed by atoms with Crippen LogP contribution in [0.2, 0.25) is 0 Å². The van der Waals surface area contributed by atoms with Crippen LogP contribution in [-0.4, -0.2) is 6.04 Å². The van der Waals surface area contributed by atoms with E-state index in [1.807, 2.05) is 13.8 Å². The van der Waals surface area contributed by atoms with Crippen LogP contribution in [-0.2, 0) is 6.42 Å². The van der Waals surface area contributed by atoms with Gasteiger partial charge in [0, 0.05) is 6.04 Å². The number of benzene rings is 2. The molecule has 0 aliphatic carbocycles. The van der Waals surface area contributed by atoms with Gasteiger partial charge in [-0.3, -0.25) is 0 Å². The quantitative estimate of drug-likeness (QED) is 0.864. The van der Waals surface area contributed by atoms with E-state index in [9.17, 15) is 8.78 Å². The van der Waals surface area contributed by atoms with Gasteiger partial charge in [-0.05, 0) is 49.6 Å². The second kappa shape index (κ2) is 5.83. The smallest absolute Gasteiger partial charge is 0.146 e. The van der Waals surface area contributed by atoms with Crippen LogP contribution < -0.4 is 5.32 Å². The molecule has 0 bridgehead atoms. The minimum absolute atomic E-state index is 0.0480. The maximum absolute atomic E-state index is 13.6. The molecule has 2 aromatic rings. The molecule has 100 valence electrons. The predicted molar refractivity (Wildman–Crippen MR) is 74.3 cm³/mol. The second-order valence-corrected chi connectivity index (χ2v) is 4.82. The Labute approximate surface area is 112 Å². The molecule has 19 heavy (non-hydrogen) atoms. The van der Waals surface area contributed by atoms with Crippen molar-refractivity contribution in [3.05, 3.63) is 65.2 Å². The number of halogens is 2. The monoisotopic (exact) mass is 261 g/mol. The van der Waals surface area contributed by atoms with Gasteiger partial charge in [0.1, 0.15) is 11.6 Å². The summed E-state index contributed by atoms with van der Waals surface area (Å²) in [7, 11) is 0. The van der Waals surface area contributed by atoms with Crippen molar-refractivity contribution >= 4 is 5.69 Å². The fourth-order valence-corrected chi connectivity index (χ4v) is 2.06.